The Labute approximate surface area is 358 Å². The Morgan fingerprint density at radius 2 is 1.64 bits per heavy atom. The second-order valence-electron chi connectivity index (χ2n) is 14.9. The molecule has 352 valence electrons. The number of carbonyl (C=O) groups is 3. The summed E-state index contributed by atoms with van der Waals surface area (Å²) >= 11 is 0. The van der Waals surface area contributed by atoms with Gasteiger partial charge in [0, 0.05) is 36.0 Å². The minimum atomic E-state index is -5.01. The zero-order chi connectivity index (χ0) is 47.3. The smallest absolute Gasteiger partial charge is 0.433 e. The maximum atomic E-state index is 15.6. The molecule has 25 heteroatoms. The number of hydrogen-bond acceptors (Lipinski definition) is 15. The van der Waals surface area contributed by atoms with Gasteiger partial charge in [-0.2, -0.15) is 30.7 Å². The summed E-state index contributed by atoms with van der Waals surface area (Å²) in [6.07, 6.45) is -17.0. The molecule has 2 heterocycles. The van der Waals surface area contributed by atoms with E-state index in [4.69, 9.17) is 14.6 Å². The van der Waals surface area contributed by atoms with E-state index in [0.717, 1.165) is 17.1 Å². The molecule has 8 N–H and O–H groups in total. The number of ketones is 1. The molecule has 2 amide bonds. The molecular weight excluding hydrogens is 880 g/mol. The molecule has 1 unspecified atom stereocenters. The third-order valence-corrected chi connectivity index (χ3v) is 10.9. The quantitative estimate of drug-likeness (QED) is 0.0460. The van der Waals surface area contributed by atoms with Crippen molar-refractivity contribution in [3.8, 4) is 5.75 Å². The average Bonchev–Trinajstić information content (AvgIpc) is 3.76. The highest BCUT2D eigenvalue weighted by molar-refractivity contribution is 6.20. The zero-order valence-electron chi connectivity index (χ0n) is 33.7. The van der Waals surface area contributed by atoms with Crippen molar-refractivity contribution >= 4 is 23.2 Å². The molecule has 1 aliphatic heterocycles. The van der Waals surface area contributed by atoms with Crippen LogP contribution in [0.15, 0.2) is 53.2 Å². The summed E-state index contributed by atoms with van der Waals surface area (Å²) in [6, 6.07) is 2.53. The number of aromatic nitrogens is 2. The first-order chi connectivity index (χ1) is 30.0. The Hall–Kier alpha value is -5.15. The number of Topliss-reactive ketones (excluding diaryl/α,β-unsaturated/α-hetero) is 1. The maximum absolute atomic E-state index is 15.6. The molecule has 17 nitrogen and oxygen atoms in total. The van der Waals surface area contributed by atoms with Crippen molar-refractivity contribution in [2.45, 2.75) is 87.5 Å². The summed E-state index contributed by atoms with van der Waals surface area (Å²) in [7, 11) is 1.38. The number of nitrogens with one attached hydrogen (secondary N) is 2. The third kappa shape index (κ3) is 10.8. The van der Waals surface area contributed by atoms with Gasteiger partial charge in [0.15, 0.2) is 17.3 Å². The third-order valence-electron chi connectivity index (χ3n) is 10.9. The number of aliphatic hydroxyl groups excluding tert-OH is 6. The van der Waals surface area contributed by atoms with E-state index in [2.05, 4.69) is 20.6 Å². The lowest BCUT2D eigenvalue weighted by Gasteiger charge is -2.48. The molecule has 0 radical (unpaired) electrons. The van der Waals surface area contributed by atoms with Crippen molar-refractivity contribution in [3.63, 3.8) is 0 Å². The lowest BCUT2D eigenvalue weighted by Crippen LogP contribution is -2.62. The number of benzene rings is 1. The maximum Gasteiger partial charge on any atom is 0.433 e. The number of hydrazine groups is 1. The predicted molar refractivity (Wildman–Crippen MR) is 201 cm³/mol. The highest BCUT2D eigenvalue weighted by atomic mass is 19.4. The van der Waals surface area contributed by atoms with Gasteiger partial charge in [0.05, 0.1) is 37.6 Å². The highest BCUT2D eigenvalue weighted by Gasteiger charge is 2.53. The average molecular weight is 925 g/mol. The van der Waals surface area contributed by atoms with Crippen molar-refractivity contribution in [1.82, 2.24) is 30.6 Å². The number of amides is 2. The van der Waals surface area contributed by atoms with Gasteiger partial charge in [-0.1, -0.05) is 18.9 Å². The first kappa shape index (κ1) is 49.9. The predicted octanol–water partition coefficient (Wildman–Crippen LogP) is 1.85. The van der Waals surface area contributed by atoms with E-state index in [1.165, 1.54) is 12.1 Å². The number of alkyl halides is 6. The topological polar surface area (TPSA) is 247 Å². The van der Waals surface area contributed by atoms with Crippen LogP contribution in [0.5, 0.6) is 5.75 Å². The Bertz CT molecular complexity index is 2160. The SMILES string of the molecule is CN1N(Cc2ccc(OCCOCCNC(O)[C@@H](O)[C@H](O)C(=O)[C@@H](O)CO)c(F)c2F)C(=O)C(C(=O)NC2=C(c3cc(C(F)(F)F)ncn3)C=C(C(F)(F)F)CC2)=C(O)C12CCCC2. The summed E-state index contributed by atoms with van der Waals surface area (Å²) in [4.78, 5) is 46.6. The van der Waals surface area contributed by atoms with Gasteiger partial charge in [0.1, 0.15) is 54.5 Å². The molecule has 2 aromatic rings. The lowest BCUT2D eigenvalue weighted by atomic mass is 9.87. The van der Waals surface area contributed by atoms with Crippen LogP contribution in [-0.4, -0.2) is 144 Å². The number of allylic oxidation sites excluding steroid dienone is 4. The van der Waals surface area contributed by atoms with Crippen molar-refractivity contribution in [3.05, 3.63) is 81.8 Å². The summed E-state index contributed by atoms with van der Waals surface area (Å²) < 4.78 is 123. The van der Waals surface area contributed by atoms with E-state index in [-0.39, 0.29) is 44.9 Å². The molecule has 0 saturated heterocycles. The largest absolute Gasteiger partial charge is 0.509 e. The summed E-state index contributed by atoms with van der Waals surface area (Å²) in [6.45, 7) is -2.59. The van der Waals surface area contributed by atoms with Crippen LogP contribution < -0.4 is 15.4 Å². The van der Waals surface area contributed by atoms with Gasteiger partial charge in [0.25, 0.3) is 11.8 Å². The molecule has 1 fully saturated rings. The normalized spacial score (nSPS) is 19.2. The molecule has 64 heavy (non-hydrogen) atoms. The first-order valence-electron chi connectivity index (χ1n) is 19.5. The number of likely N-dealkylation sites (N-methyl/N-ethyl adjacent to an activating group) is 1. The minimum absolute atomic E-state index is 0.158. The molecular formula is C39H44F8N6O11. The van der Waals surface area contributed by atoms with Gasteiger partial charge in [0.2, 0.25) is 5.82 Å². The second-order valence-corrected chi connectivity index (χ2v) is 14.9. The summed E-state index contributed by atoms with van der Waals surface area (Å²) in [5.41, 5.74) is -6.88. The van der Waals surface area contributed by atoms with Crippen LogP contribution in [0, 0.1) is 11.6 Å². The van der Waals surface area contributed by atoms with Crippen LogP contribution in [-0.2, 0) is 31.8 Å². The van der Waals surface area contributed by atoms with Crippen molar-refractivity contribution in [1.29, 1.82) is 0 Å². The number of rotatable bonds is 18. The number of hydrogen-bond donors (Lipinski definition) is 8. The van der Waals surface area contributed by atoms with Crippen LogP contribution in [0.4, 0.5) is 35.1 Å². The van der Waals surface area contributed by atoms with Crippen LogP contribution in [0.25, 0.3) is 5.57 Å². The fourth-order valence-electron chi connectivity index (χ4n) is 7.36. The fraction of sp³-hybridized carbons (Fsp3) is 0.513. The Morgan fingerprint density at radius 1 is 0.953 bits per heavy atom. The van der Waals surface area contributed by atoms with Crippen LogP contribution in [0.1, 0.15) is 55.5 Å². The van der Waals surface area contributed by atoms with Crippen molar-refractivity contribution < 1.29 is 89.6 Å². The Balaban J connectivity index is 1.29. The molecule has 1 spiro atoms. The molecule has 5 rings (SSSR count). The lowest BCUT2D eigenvalue weighted by molar-refractivity contribution is -0.163. The van der Waals surface area contributed by atoms with Gasteiger partial charge < -0.3 is 45.4 Å². The molecule has 2 aliphatic carbocycles. The standard InChI is InChI=1S/C39H44F8N6O11/c1-52-37(8-2-3-9-37)33(59)27(34(60)51-22-6-5-20(38(42,43)44)14-21(22)23-15-26(39(45,46)47)50-18-49-23)36(62)53(52)16-19-4-7-25(29(41)28(19)40)64-13-12-63-11-10-48-35(61)32(58)31(57)30(56)24(55)17-54/h4,7,14-15,18,24,31-32,35,48,54-55,57-59,61H,2-3,5-6,8-13,16-17H2,1H3,(H,51,60)/t24-,31+,32-,35?/m0/s1. The zero-order valence-corrected chi connectivity index (χ0v) is 33.7. The van der Waals surface area contributed by atoms with E-state index in [0.29, 0.717) is 31.3 Å². The highest BCUT2D eigenvalue weighted by Crippen LogP contribution is 2.45. The minimum Gasteiger partial charge on any atom is -0.509 e. The van der Waals surface area contributed by atoms with Crippen LogP contribution in [0.2, 0.25) is 0 Å². The number of carbonyl (C=O) groups excluding carboxylic acids is 3. The van der Waals surface area contributed by atoms with Gasteiger partial charge in [-0.05, 0) is 43.9 Å². The van der Waals surface area contributed by atoms with Crippen LogP contribution >= 0.6 is 0 Å². The molecule has 3 aliphatic rings. The van der Waals surface area contributed by atoms with E-state index in [9.17, 15) is 66.3 Å². The fourth-order valence-corrected chi connectivity index (χ4v) is 7.36. The number of ether oxygens (including phenoxy) is 2. The summed E-state index contributed by atoms with van der Waals surface area (Å²) in [5.74, 6) is -8.09. The van der Waals surface area contributed by atoms with Crippen molar-refractivity contribution in [2.24, 2.45) is 0 Å². The van der Waals surface area contributed by atoms with E-state index < -0.39 is 143 Å². The first-order valence-corrected chi connectivity index (χ1v) is 19.5. The van der Waals surface area contributed by atoms with Gasteiger partial charge in [-0.3, -0.25) is 24.7 Å². The van der Waals surface area contributed by atoms with E-state index in [1.54, 1.807) is 0 Å². The van der Waals surface area contributed by atoms with Crippen molar-refractivity contribution in [2.75, 3.05) is 40.0 Å². The Kier molecular flexibility index (Phi) is 15.9. The Morgan fingerprint density at radius 3 is 2.28 bits per heavy atom. The molecule has 1 aromatic heterocycles. The molecule has 4 atom stereocenters. The van der Waals surface area contributed by atoms with E-state index >= 15 is 8.78 Å². The molecule has 1 aromatic carbocycles. The van der Waals surface area contributed by atoms with E-state index in [1.807, 2.05) is 0 Å². The number of halogens is 8. The molecule has 1 saturated carbocycles. The van der Waals surface area contributed by atoms with Gasteiger partial charge in [-0.25, -0.2) is 19.4 Å². The molecule has 0 bridgehead atoms. The van der Waals surface area contributed by atoms with Crippen LogP contribution in [0.3, 0.4) is 0 Å². The second kappa shape index (κ2) is 20.4. The number of aliphatic hydroxyl groups is 6. The van der Waals surface area contributed by atoms with Gasteiger partial charge >= 0.3 is 12.4 Å². The van der Waals surface area contributed by atoms with Gasteiger partial charge in [-0.15, -0.1) is 0 Å². The number of nitrogens with zero attached hydrogens (tertiary/aromatic N) is 4. The monoisotopic (exact) mass is 924 g/mol. The summed E-state index contributed by atoms with van der Waals surface area (Å²) in [5, 5.41) is 66.0.